The van der Waals surface area contributed by atoms with Gasteiger partial charge in [-0.25, -0.2) is 0 Å². The molecule has 1 aromatic rings. The van der Waals surface area contributed by atoms with Crippen molar-refractivity contribution in [3.05, 3.63) is 22.2 Å². The number of ether oxygens (including phenoxy) is 2. The van der Waals surface area contributed by atoms with Crippen LogP contribution < -0.4 is 15.2 Å². The first-order chi connectivity index (χ1) is 7.08. The first-order valence-corrected chi connectivity index (χ1v) is 5.61. The van der Waals surface area contributed by atoms with Crippen LogP contribution >= 0.6 is 15.9 Å². The van der Waals surface area contributed by atoms with Gasteiger partial charge in [0.05, 0.1) is 17.7 Å². The number of halogens is 1. The minimum absolute atomic E-state index is 0.110. The van der Waals surface area contributed by atoms with E-state index >= 15 is 0 Å². The molecule has 1 rings (SSSR count). The van der Waals surface area contributed by atoms with Crippen LogP contribution in [0.2, 0.25) is 0 Å². The summed E-state index contributed by atoms with van der Waals surface area (Å²) in [6.07, 6.45) is 0.110. The molecule has 0 heterocycles. The predicted octanol–water partition coefficient (Wildman–Crippen LogP) is 2.70. The van der Waals surface area contributed by atoms with Crippen LogP contribution in [0.4, 0.5) is 0 Å². The van der Waals surface area contributed by atoms with Crippen LogP contribution in [0.15, 0.2) is 16.6 Å². The highest BCUT2D eigenvalue weighted by Gasteiger charge is 2.12. The van der Waals surface area contributed by atoms with E-state index in [1.54, 1.807) is 7.11 Å². The molecule has 0 amide bonds. The first kappa shape index (κ1) is 12.3. The molecule has 3 nitrogen and oxygen atoms in total. The lowest BCUT2D eigenvalue weighted by atomic mass is 10.2. The van der Waals surface area contributed by atoms with E-state index in [2.05, 4.69) is 15.9 Å². The third-order valence-corrected chi connectivity index (χ3v) is 2.47. The van der Waals surface area contributed by atoms with Gasteiger partial charge < -0.3 is 15.2 Å². The molecule has 84 valence electrons. The van der Waals surface area contributed by atoms with Gasteiger partial charge in [0, 0.05) is 6.54 Å². The van der Waals surface area contributed by atoms with Crippen molar-refractivity contribution in [1.82, 2.24) is 0 Å². The fraction of sp³-hybridized carbons (Fsp3) is 0.455. The second-order valence-corrected chi connectivity index (χ2v) is 4.33. The van der Waals surface area contributed by atoms with Gasteiger partial charge >= 0.3 is 0 Å². The predicted molar refractivity (Wildman–Crippen MR) is 64.3 cm³/mol. The summed E-state index contributed by atoms with van der Waals surface area (Å²) in [4.78, 5) is 0. The lowest BCUT2D eigenvalue weighted by Gasteiger charge is -2.16. The number of benzene rings is 1. The molecule has 0 spiro atoms. The smallest absolute Gasteiger partial charge is 0.175 e. The van der Waals surface area contributed by atoms with E-state index in [4.69, 9.17) is 15.2 Å². The van der Waals surface area contributed by atoms with Gasteiger partial charge in [0.2, 0.25) is 0 Å². The van der Waals surface area contributed by atoms with E-state index in [9.17, 15) is 0 Å². The van der Waals surface area contributed by atoms with Gasteiger partial charge in [-0.2, -0.15) is 0 Å². The standard InChI is InChI=1S/C11H16BrNO2/c1-7(2)15-11-9(12)4-8(6-13)5-10(11)14-3/h4-5,7H,6,13H2,1-3H3. The zero-order valence-electron chi connectivity index (χ0n) is 9.21. The Kier molecular flexibility index (Phi) is 4.42. The molecule has 0 aromatic heterocycles. The van der Waals surface area contributed by atoms with Crippen molar-refractivity contribution >= 4 is 15.9 Å². The summed E-state index contributed by atoms with van der Waals surface area (Å²) in [7, 11) is 1.62. The molecular weight excluding hydrogens is 258 g/mol. The molecule has 0 aliphatic carbocycles. The summed E-state index contributed by atoms with van der Waals surface area (Å²) in [5.41, 5.74) is 6.59. The minimum Gasteiger partial charge on any atom is -0.493 e. The average Bonchev–Trinajstić information content (AvgIpc) is 2.20. The molecule has 0 aliphatic rings. The second kappa shape index (κ2) is 5.37. The monoisotopic (exact) mass is 273 g/mol. The van der Waals surface area contributed by atoms with Crippen molar-refractivity contribution in [2.24, 2.45) is 5.73 Å². The molecule has 0 aliphatic heterocycles. The lowest BCUT2D eigenvalue weighted by Crippen LogP contribution is -2.08. The highest BCUT2D eigenvalue weighted by molar-refractivity contribution is 9.10. The van der Waals surface area contributed by atoms with Crippen molar-refractivity contribution in [1.29, 1.82) is 0 Å². The molecule has 2 N–H and O–H groups in total. The molecule has 0 unspecified atom stereocenters. The topological polar surface area (TPSA) is 44.5 Å². The lowest BCUT2D eigenvalue weighted by molar-refractivity contribution is 0.228. The van der Waals surface area contributed by atoms with Crippen LogP contribution in [-0.2, 0) is 6.54 Å². The van der Waals surface area contributed by atoms with Gasteiger partial charge in [-0.05, 0) is 47.5 Å². The Bertz CT molecular complexity index is 340. The van der Waals surface area contributed by atoms with Crippen LogP contribution in [0, 0.1) is 0 Å². The molecule has 0 atom stereocenters. The van der Waals surface area contributed by atoms with E-state index in [0.29, 0.717) is 12.3 Å². The van der Waals surface area contributed by atoms with Gasteiger partial charge in [-0.1, -0.05) is 0 Å². The van der Waals surface area contributed by atoms with Gasteiger partial charge in [0.15, 0.2) is 11.5 Å². The molecule has 0 saturated heterocycles. The van der Waals surface area contributed by atoms with Gasteiger partial charge in [0.25, 0.3) is 0 Å². The Hall–Kier alpha value is -0.740. The maximum atomic E-state index is 5.65. The third kappa shape index (κ3) is 3.11. The van der Waals surface area contributed by atoms with E-state index in [1.165, 1.54) is 0 Å². The number of methoxy groups -OCH3 is 1. The SMILES string of the molecule is COc1cc(CN)cc(Br)c1OC(C)C. The molecule has 1 aromatic carbocycles. The zero-order chi connectivity index (χ0) is 11.4. The van der Waals surface area contributed by atoms with E-state index in [0.717, 1.165) is 15.8 Å². The summed E-state index contributed by atoms with van der Waals surface area (Å²) in [5.74, 6) is 1.43. The van der Waals surface area contributed by atoms with Crippen molar-refractivity contribution in [2.45, 2.75) is 26.5 Å². The van der Waals surface area contributed by atoms with Gasteiger partial charge in [-0.15, -0.1) is 0 Å². The summed E-state index contributed by atoms with van der Waals surface area (Å²) < 4.78 is 11.8. The first-order valence-electron chi connectivity index (χ1n) is 4.81. The molecule has 15 heavy (non-hydrogen) atoms. The highest BCUT2D eigenvalue weighted by atomic mass is 79.9. The Labute approximate surface area is 98.7 Å². The molecule has 0 radical (unpaired) electrons. The van der Waals surface area contributed by atoms with Crippen LogP contribution in [0.1, 0.15) is 19.4 Å². The Morgan fingerprint density at radius 3 is 2.53 bits per heavy atom. The zero-order valence-corrected chi connectivity index (χ0v) is 10.8. The fourth-order valence-electron chi connectivity index (χ4n) is 1.24. The molecule has 0 bridgehead atoms. The van der Waals surface area contributed by atoms with E-state index in [1.807, 2.05) is 26.0 Å². The summed E-state index contributed by atoms with van der Waals surface area (Å²) in [5, 5.41) is 0. The molecule has 4 heteroatoms. The van der Waals surface area contributed by atoms with E-state index < -0.39 is 0 Å². The molecule has 0 saturated carbocycles. The third-order valence-electron chi connectivity index (χ3n) is 1.88. The van der Waals surface area contributed by atoms with Crippen molar-refractivity contribution in [3.63, 3.8) is 0 Å². The molecular formula is C11H16BrNO2. The van der Waals surface area contributed by atoms with Crippen LogP contribution in [-0.4, -0.2) is 13.2 Å². The number of hydrogen-bond donors (Lipinski definition) is 1. The largest absolute Gasteiger partial charge is 0.493 e. The fourth-order valence-corrected chi connectivity index (χ4v) is 1.82. The van der Waals surface area contributed by atoms with Gasteiger partial charge in [0.1, 0.15) is 0 Å². The van der Waals surface area contributed by atoms with Crippen molar-refractivity contribution in [3.8, 4) is 11.5 Å². The number of hydrogen-bond acceptors (Lipinski definition) is 3. The summed E-state index contributed by atoms with van der Waals surface area (Å²) in [6, 6.07) is 3.84. The van der Waals surface area contributed by atoms with Crippen molar-refractivity contribution < 1.29 is 9.47 Å². The van der Waals surface area contributed by atoms with Gasteiger partial charge in [-0.3, -0.25) is 0 Å². The maximum Gasteiger partial charge on any atom is 0.175 e. The second-order valence-electron chi connectivity index (χ2n) is 3.48. The minimum atomic E-state index is 0.110. The quantitative estimate of drug-likeness (QED) is 0.918. The van der Waals surface area contributed by atoms with E-state index in [-0.39, 0.29) is 6.10 Å². The maximum absolute atomic E-state index is 5.65. The van der Waals surface area contributed by atoms with Crippen LogP contribution in [0.5, 0.6) is 11.5 Å². The number of nitrogens with two attached hydrogens (primary N) is 1. The number of rotatable bonds is 4. The summed E-state index contributed by atoms with van der Waals surface area (Å²) >= 11 is 3.45. The van der Waals surface area contributed by atoms with Crippen LogP contribution in [0.3, 0.4) is 0 Å². The van der Waals surface area contributed by atoms with Crippen LogP contribution in [0.25, 0.3) is 0 Å². The normalized spacial score (nSPS) is 10.5. The Balaban J connectivity index is 3.12. The Morgan fingerprint density at radius 2 is 2.07 bits per heavy atom. The molecule has 0 fully saturated rings. The highest BCUT2D eigenvalue weighted by Crippen LogP contribution is 2.37. The summed E-state index contributed by atoms with van der Waals surface area (Å²) in [6.45, 7) is 4.43. The Morgan fingerprint density at radius 1 is 1.40 bits per heavy atom. The van der Waals surface area contributed by atoms with Crippen molar-refractivity contribution in [2.75, 3.05) is 7.11 Å². The average molecular weight is 274 g/mol.